The van der Waals surface area contributed by atoms with Crippen molar-refractivity contribution in [3.63, 3.8) is 0 Å². The molecular formula is C26H24N2O3. The van der Waals surface area contributed by atoms with E-state index in [1.54, 1.807) is 48.2 Å². The van der Waals surface area contributed by atoms with Gasteiger partial charge in [0.15, 0.2) is 5.78 Å². The van der Waals surface area contributed by atoms with Crippen LogP contribution in [-0.4, -0.2) is 24.1 Å². The van der Waals surface area contributed by atoms with E-state index in [2.05, 4.69) is 5.32 Å². The second-order valence-corrected chi connectivity index (χ2v) is 7.89. The van der Waals surface area contributed by atoms with Crippen molar-refractivity contribution in [2.75, 3.05) is 16.8 Å². The molecule has 0 spiro atoms. The lowest BCUT2D eigenvalue weighted by Gasteiger charge is -2.15. The molecule has 0 aromatic heterocycles. The van der Waals surface area contributed by atoms with E-state index in [-0.39, 0.29) is 17.6 Å². The normalized spacial score (nSPS) is 12.4. The van der Waals surface area contributed by atoms with Gasteiger partial charge in [-0.05, 0) is 67.3 Å². The van der Waals surface area contributed by atoms with Crippen molar-refractivity contribution in [2.45, 2.75) is 27.2 Å². The van der Waals surface area contributed by atoms with E-state index in [9.17, 15) is 14.4 Å². The lowest BCUT2D eigenvalue weighted by molar-refractivity contribution is -0.116. The Kier molecular flexibility index (Phi) is 5.42. The van der Waals surface area contributed by atoms with Gasteiger partial charge in [-0.2, -0.15) is 0 Å². The average Bonchev–Trinajstić information content (AvgIpc) is 3.18. The monoisotopic (exact) mass is 412 g/mol. The van der Waals surface area contributed by atoms with Crippen LogP contribution in [0.2, 0.25) is 0 Å². The van der Waals surface area contributed by atoms with Gasteiger partial charge in [0.1, 0.15) is 0 Å². The molecule has 31 heavy (non-hydrogen) atoms. The topological polar surface area (TPSA) is 66.5 Å². The zero-order valence-corrected chi connectivity index (χ0v) is 17.9. The summed E-state index contributed by atoms with van der Waals surface area (Å²) < 4.78 is 0. The van der Waals surface area contributed by atoms with Gasteiger partial charge in [0.25, 0.3) is 5.91 Å². The molecular weight excluding hydrogens is 388 g/mol. The van der Waals surface area contributed by atoms with Crippen LogP contribution >= 0.6 is 0 Å². The first-order valence-electron chi connectivity index (χ1n) is 10.3. The smallest absolute Gasteiger partial charge is 0.256 e. The predicted octanol–water partition coefficient (Wildman–Crippen LogP) is 4.70. The number of hydrogen-bond donors (Lipinski definition) is 1. The molecule has 1 heterocycles. The fourth-order valence-electron chi connectivity index (χ4n) is 3.92. The molecule has 0 bridgehead atoms. The number of anilines is 2. The molecule has 4 rings (SSSR count). The summed E-state index contributed by atoms with van der Waals surface area (Å²) >= 11 is 0. The highest BCUT2D eigenvalue weighted by molar-refractivity contribution is 6.17. The Hall–Kier alpha value is -3.73. The molecule has 0 aliphatic carbocycles. The standard InChI is InChI=1S/C26H24N2O3/c1-16-8-9-20(14-17(16)2)25(30)22-6-4-5-7-23(22)26(31)27-21-10-11-24-19(15-21)12-13-28(24)18(3)29/h4-11,14-15H,12-13H2,1-3H3,(H,27,31). The molecule has 3 aromatic carbocycles. The minimum Gasteiger partial charge on any atom is -0.322 e. The minimum atomic E-state index is -0.339. The Morgan fingerprint density at radius 3 is 2.32 bits per heavy atom. The highest BCUT2D eigenvalue weighted by atomic mass is 16.2. The molecule has 1 N–H and O–H groups in total. The molecule has 0 atom stereocenters. The summed E-state index contributed by atoms with van der Waals surface area (Å²) in [5.74, 6) is -0.511. The average molecular weight is 412 g/mol. The maximum Gasteiger partial charge on any atom is 0.256 e. The van der Waals surface area contributed by atoms with Crippen molar-refractivity contribution >= 4 is 29.0 Å². The number of rotatable bonds is 4. The SMILES string of the molecule is CC(=O)N1CCc2cc(NC(=O)c3ccccc3C(=O)c3ccc(C)c(C)c3)ccc21. The van der Waals surface area contributed by atoms with Crippen LogP contribution < -0.4 is 10.2 Å². The summed E-state index contributed by atoms with van der Waals surface area (Å²) in [7, 11) is 0. The van der Waals surface area contributed by atoms with Gasteiger partial charge in [0, 0.05) is 36.0 Å². The first-order valence-corrected chi connectivity index (χ1v) is 10.3. The molecule has 5 nitrogen and oxygen atoms in total. The molecule has 0 fully saturated rings. The van der Waals surface area contributed by atoms with Crippen molar-refractivity contribution in [3.05, 3.63) is 94.0 Å². The van der Waals surface area contributed by atoms with Gasteiger partial charge in [-0.25, -0.2) is 0 Å². The van der Waals surface area contributed by atoms with E-state index < -0.39 is 0 Å². The molecule has 0 saturated heterocycles. The lowest BCUT2D eigenvalue weighted by atomic mass is 9.95. The molecule has 1 aliphatic rings. The van der Waals surface area contributed by atoms with Gasteiger partial charge in [-0.3, -0.25) is 14.4 Å². The highest BCUT2D eigenvalue weighted by Crippen LogP contribution is 2.30. The Bertz CT molecular complexity index is 1210. The number of aryl methyl sites for hydroxylation is 2. The Morgan fingerprint density at radius 1 is 0.871 bits per heavy atom. The molecule has 2 amide bonds. The number of carbonyl (C=O) groups is 3. The van der Waals surface area contributed by atoms with Crippen LogP contribution in [0.5, 0.6) is 0 Å². The zero-order chi connectivity index (χ0) is 22.1. The van der Waals surface area contributed by atoms with Gasteiger partial charge in [-0.15, -0.1) is 0 Å². The van der Waals surface area contributed by atoms with E-state index in [1.165, 1.54) is 0 Å². The summed E-state index contributed by atoms with van der Waals surface area (Å²) in [5, 5.41) is 2.90. The third kappa shape index (κ3) is 3.99. The molecule has 0 unspecified atom stereocenters. The van der Waals surface area contributed by atoms with Crippen LogP contribution in [0.3, 0.4) is 0 Å². The van der Waals surface area contributed by atoms with E-state index in [0.29, 0.717) is 28.9 Å². The van der Waals surface area contributed by atoms with Crippen LogP contribution in [0.4, 0.5) is 11.4 Å². The minimum absolute atomic E-state index is 0.00863. The number of benzene rings is 3. The summed E-state index contributed by atoms with van der Waals surface area (Å²) in [6, 6.07) is 17.9. The van der Waals surface area contributed by atoms with E-state index in [4.69, 9.17) is 0 Å². The van der Waals surface area contributed by atoms with Gasteiger partial charge in [0.2, 0.25) is 5.91 Å². The number of amides is 2. The Labute approximate surface area is 181 Å². The van der Waals surface area contributed by atoms with Gasteiger partial charge < -0.3 is 10.2 Å². The molecule has 156 valence electrons. The fourth-order valence-corrected chi connectivity index (χ4v) is 3.92. The number of fused-ring (bicyclic) bond motifs is 1. The number of carbonyl (C=O) groups excluding carboxylic acids is 3. The number of nitrogens with zero attached hydrogens (tertiary/aromatic N) is 1. The van der Waals surface area contributed by atoms with Crippen LogP contribution in [0.15, 0.2) is 60.7 Å². The molecule has 1 aliphatic heterocycles. The van der Waals surface area contributed by atoms with Gasteiger partial charge in [0.05, 0.1) is 5.56 Å². The second-order valence-electron chi connectivity index (χ2n) is 7.89. The lowest BCUT2D eigenvalue weighted by Crippen LogP contribution is -2.25. The molecule has 0 radical (unpaired) electrons. The summed E-state index contributed by atoms with van der Waals surface area (Å²) in [5.41, 5.74) is 5.95. The third-order valence-corrected chi connectivity index (χ3v) is 5.80. The highest BCUT2D eigenvalue weighted by Gasteiger charge is 2.23. The van der Waals surface area contributed by atoms with Gasteiger partial charge in [-0.1, -0.05) is 30.3 Å². The van der Waals surface area contributed by atoms with Crippen molar-refractivity contribution in [1.29, 1.82) is 0 Å². The largest absolute Gasteiger partial charge is 0.322 e. The first kappa shape index (κ1) is 20.5. The van der Waals surface area contributed by atoms with E-state index in [1.807, 2.05) is 38.1 Å². The number of nitrogens with one attached hydrogen (secondary N) is 1. The first-order chi connectivity index (χ1) is 14.8. The predicted molar refractivity (Wildman–Crippen MR) is 122 cm³/mol. The summed E-state index contributed by atoms with van der Waals surface area (Å²) in [6.07, 6.45) is 0.750. The number of ketones is 1. The molecule has 0 saturated carbocycles. The zero-order valence-electron chi connectivity index (χ0n) is 17.9. The van der Waals surface area contributed by atoms with Crippen LogP contribution in [0, 0.1) is 13.8 Å². The Balaban J connectivity index is 1.60. The van der Waals surface area contributed by atoms with Crippen molar-refractivity contribution in [2.24, 2.45) is 0 Å². The third-order valence-electron chi connectivity index (χ3n) is 5.80. The quantitative estimate of drug-likeness (QED) is 0.632. The molecule has 3 aromatic rings. The van der Waals surface area contributed by atoms with E-state index in [0.717, 1.165) is 28.8 Å². The maximum atomic E-state index is 13.1. The second kappa shape index (κ2) is 8.19. The summed E-state index contributed by atoms with van der Waals surface area (Å²) in [6.45, 7) is 6.16. The van der Waals surface area contributed by atoms with Crippen LogP contribution in [0.1, 0.15) is 49.9 Å². The van der Waals surface area contributed by atoms with Crippen LogP contribution in [0.25, 0.3) is 0 Å². The fraction of sp³-hybridized carbons (Fsp3) is 0.192. The number of hydrogen-bond acceptors (Lipinski definition) is 3. The van der Waals surface area contributed by atoms with Crippen molar-refractivity contribution in [3.8, 4) is 0 Å². The van der Waals surface area contributed by atoms with Gasteiger partial charge >= 0.3 is 0 Å². The van der Waals surface area contributed by atoms with E-state index >= 15 is 0 Å². The molecule has 5 heteroatoms. The van der Waals surface area contributed by atoms with Crippen molar-refractivity contribution in [1.82, 2.24) is 0 Å². The Morgan fingerprint density at radius 2 is 1.61 bits per heavy atom. The van der Waals surface area contributed by atoms with Crippen LogP contribution in [-0.2, 0) is 11.2 Å². The van der Waals surface area contributed by atoms with Crippen molar-refractivity contribution < 1.29 is 14.4 Å². The maximum absolute atomic E-state index is 13.1. The summed E-state index contributed by atoms with van der Waals surface area (Å²) in [4.78, 5) is 39.6.